The van der Waals surface area contributed by atoms with Crippen molar-refractivity contribution in [2.75, 3.05) is 11.9 Å². The molecule has 0 saturated heterocycles. The highest BCUT2D eigenvalue weighted by atomic mass is 32.1. The lowest BCUT2D eigenvalue weighted by Gasteiger charge is -2.08. The number of hydrogen-bond donors (Lipinski definition) is 1. The van der Waals surface area contributed by atoms with E-state index in [4.69, 9.17) is 4.74 Å². The molecule has 0 saturated carbocycles. The van der Waals surface area contributed by atoms with E-state index >= 15 is 0 Å². The molecule has 134 valence electrons. The number of carbonyl (C=O) groups excluding carboxylic acids is 2. The van der Waals surface area contributed by atoms with Gasteiger partial charge in [-0.3, -0.25) is 4.79 Å². The van der Waals surface area contributed by atoms with Crippen LogP contribution in [-0.4, -0.2) is 38.7 Å². The number of hydrogen-bond acceptors (Lipinski definition) is 7. The number of anilines is 1. The standard InChI is InChI=1S/C17H17N5O3S/c1-11-3-4-14(7-12(11)2)18-15(23)9-25-16(24)8-22-20-17(19-21-22)13-5-6-26-10-13/h3-7,10H,8-9H2,1-2H3,(H,18,23). The predicted molar refractivity (Wildman–Crippen MR) is 96.6 cm³/mol. The summed E-state index contributed by atoms with van der Waals surface area (Å²) in [6, 6.07) is 7.44. The normalized spacial score (nSPS) is 10.5. The number of nitrogens with one attached hydrogen (secondary N) is 1. The summed E-state index contributed by atoms with van der Waals surface area (Å²) < 4.78 is 4.96. The maximum Gasteiger partial charge on any atom is 0.330 e. The molecular formula is C17H17N5O3S. The summed E-state index contributed by atoms with van der Waals surface area (Å²) >= 11 is 1.52. The molecule has 1 amide bonds. The minimum absolute atomic E-state index is 0.214. The largest absolute Gasteiger partial charge is 0.454 e. The first-order valence-corrected chi connectivity index (χ1v) is 8.78. The molecule has 1 aromatic carbocycles. The van der Waals surface area contributed by atoms with Crippen molar-refractivity contribution in [2.45, 2.75) is 20.4 Å². The lowest BCUT2D eigenvalue weighted by molar-refractivity contribution is -0.148. The number of aryl methyl sites for hydroxylation is 2. The Labute approximate surface area is 153 Å². The van der Waals surface area contributed by atoms with E-state index in [0.717, 1.165) is 21.5 Å². The quantitative estimate of drug-likeness (QED) is 0.667. The second-order valence-electron chi connectivity index (χ2n) is 5.66. The fraction of sp³-hybridized carbons (Fsp3) is 0.235. The van der Waals surface area contributed by atoms with Crippen molar-refractivity contribution in [2.24, 2.45) is 0 Å². The van der Waals surface area contributed by atoms with Crippen LogP contribution in [-0.2, 0) is 20.9 Å². The van der Waals surface area contributed by atoms with Crippen molar-refractivity contribution in [3.63, 3.8) is 0 Å². The fourth-order valence-electron chi connectivity index (χ4n) is 2.14. The Morgan fingerprint density at radius 3 is 2.81 bits per heavy atom. The van der Waals surface area contributed by atoms with Gasteiger partial charge in [0.1, 0.15) is 0 Å². The molecule has 8 nitrogen and oxygen atoms in total. The molecular weight excluding hydrogens is 354 g/mol. The minimum Gasteiger partial charge on any atom is -0.454 e. The third-order valence-corrected chi connectivity index (χ3v) is 4.34. The van der Waals surface area contributed by atoms with E-state index < -0.39 is 11.9 Å². The number of esters is 1. The number of carbonyl (C=O) groups is 2. The first-order valence-electron chi connectivity index (χ1n) is 7.84. The van der Waals surface area contributed by atoms with Gasteiger partial charge >= 0.3 is 5.97 Å². The number of rotatable bonds is 6. The van der Waals surface area contributed by atoms with Crippen molar-refractivity contribution >= 4 is 28.9 Å². The van der Waals surface area contributed by atoms with Crippen LogP contribution < -0.4 is 5.32 Å². The highest BCUT2D eigenvalue weighted by Gasteiger charge is 2.12. The number of aromatic nitrogens is 4. The fourth-order valence-corrected chi connectivity index (χ4v) is 2.78. The Bertz CT molecular complexity index is 920. The lowest BCUT2D eigenvalue weighted by Crippen LogP contribution is -2.23. The molecule has 0 aliphatic rings. The second-order valence-corrected chi connectivity index (χ2v) is 6.44. The van der Waals surface area contributed by atoms with Gasteiger partial charge in [-0.15, -0.1) is 10.2 Å². The van der Waals surface area contributed by atoms with Crippen LogP contribution in [0.5, 0.6) is 0 Å². The third kappa shape index (κ3) is 4.51. The molecule has 0 aliphatic heterocycles. The van der Waals surface area contributed by atoms with Gasteiger partial charge in [-0.2, -0.15) is 16.1 Å². The molecule has 0 aliphatic carbocycles. The first-order chi connectivity index (χ1) is 12.5. The molecule has 3 rings (SSSR count). The Morgan fingerprint density at radius 2 is 2.08 bits per heavy atom. The lowest BCUT2D eigenvalue weighted by atomic mass is 10.1. The van der Waals surface area contributed by atoms with Crippen LogP contribution in [0.25, 0.3) is 11.4 Å². The van der Waals surface area contributed by atoms with Crippen molar-refractivity contribution in [3.8, 4) is 11.4 Å². The Hall–Kier alpha value is -3.07. The summed E-state index contributed by atoms with van der Waals surface area (Å²) in [6.45, 7) is 3.36. The Morgan fingerprint density at radius 1 is 1.23 bits per heavy atom. The van der Waals surface area contributed by atoms with Crippen LogP contribution in [0.4, 0.5) is 5.69 Å². The van der Waals surface area contributed by atoms with Crippen LogP contribution in [0.3, 0.4) is 0 Å². The van der Waals surface area contributed by atoms with Crippen molar-refractivity contribution in [1.29, 1.82) is 0 Å². The average molecular weight is 371 g/mol. The van der Waals surface area contributed by atoms with Gasteiger partial charge in [0.2, 0.25) is 5.82 Å². The summed E-state index contributed by atoms with van der Waals surface area (Å²) in [5.41, 5.74) is 3.70. The van der Waals surface area contributed by atoms with E-state index in [1.165, 1.54) is 11.3 Å². The number of benzene rings is 1. The number of amides is 1. The highest BCUT2D eigenvalue weighted by molar-refractivity contribution is 7.08. The van der Waals surface area contributed by atoms with Crippen LogP contribution in [0, 0.1) is 13.8 Å². The Kier molecular flexibility index (Phi) is 5.37. The van der Waals surface area contributed by atoms with E-state index in [9.17, 15) is 9.59 Å². The van der Waals surface area contributed by atoms with Gasteiger partial charge in [0.15, 0.2) is 13.2 Å². The van der Waals surface area contributed by atoms with Crippen LogP contribution in [0.15, 0.2) is 35.0 Å². The molecule has 2 aromatic heterocycles. The number of ether oxygens (including phenoxy) is 1. The summed E-state index contributed by atoms with van der Waals surface area (Å²) in [6.07, 6.45) is 0. The van der Waals surface area contributed by atoms with Crippen molar-refractivity contribution in [1.82, 2.24) is 20.2 Å². The van der Waals surface area contributed by atoms with Gasteiger partial charge in [0, 0.05) is 16.6 Å². The zero-order valence-corrected chi connectivity index (χ0v) is 15.1. The summed E-state index contributed by atoms with van der Waals surface area (Å²) in [5.74, 6) is -0.590. The molecule has 0 spiro atoms. The van der Waals surface area contributed by atoms with Crippen LogP contribution in [0.1, 0.15) is 11.1 Å². The number of tetrazole rings is 1. The van der Waals surface area contributed by atoms with Crippen LogP contribution >= 0.6 is 11.3 Å². The van der Waals surface area contributed by atoms with Gasteiger partial charge in [-0.05, 0) is 53.8 Å². The molecule has 1 N–H and O–H groups in total. The molecule has 0 bridgehead atoms. The number of thiophene rings is 1. The van der Waals surface area contributed by atoms with Gasteiger partial charge in [0.25, 0.3) is 5.91 Å². The van der Waals surface area contributed by atoms with Crippen molar-refractivity contribution < 1.29 is 14.3 Å². The zero-order chi connectivity index (χ0) is 18.5. The first kappa shape index (κ1) is 17.7. The molecule has 0 atom stereocenters. The topological polar surface area (TPSA) is 99.0 Å². The maximum atomic E-state index is 11.9. The number of nitrogens with zero attached hydrogens (tertiary/aromatic N) is 4. The van der Waals surface area contributed by atoms with E-state index in [1.807, 2.05) is 42.8 Å². The summed E-state index contributed by atoms with van der Waals surface area (Å²) in [4.78, 5) is 24.9. The van der Waals surface area contributed by atoms with Gasteiger partial charge in [-0.1, -0.05) is 6.07 Å². The maximum absolute atomic E-state index is 11.9. The molecule has 0 radical (unpaired) electrons. The second kappa shape index (κ2) is 7.87. The molecule has 3 aromatic rings. The summed E-state index contributed by atoms with van der Waals surface area (Å²) in [7, 11) is 0. The Balaban J connectivity index is 1.47. The molecule has 9 heteroatoms. The van der Waals surface area contributed by atoms with Crippen LogP contribution in [0.2, 0.25) is 0 Å². The van der Waals surface area contributed by atoms with Gasteiger partial charge in [-0.25, -0.2) is 4.79 Å². The van der Waals surface area contributed by atoms with E-state index in [1.54, 1.807) is 6.07 Å². The van der Waals surface area contributed by atoms with E-state index in [2.05, 4.69) is 20.7 Å². The van der Waals surface area contributed by atoms with Crippen molar-refractivity contribution in [3.05, 3.63) is 46.2 Å². The molecule has 0 unspecified atom stereocenters. The molecule has 0 fully saturated rings. The average Bonchev–Trinajstić information content (AvgIpc) is 3.28. The highest BCUT2D eigenvalue weighted by Crippen LogP contribution is 2.16. The SMILES string of the molecule is Cc1ccc(NC(=O)COC(=O)Cn2nnc(-c3ccsc3)n2)cc1C. The van der Waals surface area contributed by atoms with E-state index in [-0.39, 0.29) is 13.2 Å². The summed E-state index contributed by atoms with van der Waals surface area (Å²) in [5, 5.41) is 18.3. The minimum atomic E-state index is -0.616. The van der Waals surface area contributed by atoms with Gasteiger partial charge < -0.3 is 10.1 Å². The predicted octanol–water partition coefficient (Wildman–Crippen LogP) is 2.20. The van der Waals surface area contributed by atoms with E-state index in [0.29, 0.717) is 11.5 Å². The smallest absolute Gasteiger partial charge is 0.330 e. The zero-order valence-electron chi connectivity index (χ0n) is 14.3. The third-order valence-electron chi connectivity index (χ3n) is 3.66. The molecule has 2 heterocycles. The van der Waals surface area contributed by atoms with Gasteiger partial charge in [0.05, 0.1) is 0 Å². The monoisotopic (exact) mass is 371 g/mol. The molecule has 26 heavy (non-hydrogen) atoms.